The highest BCUT2D eigenvalue weighted by Gasteiger charge is 2.30. The molecule has 2 aromatic carbocycles. The fraction of sp³-hybridized carbons (Fsp3) is 0.263. The SMILES string of the molecule is O=C([C@@H](Sc1nnnn1-c1ccccc1)c1ccccc1)N1CCCC1. The van der Waals surface area contributed by atoms with Gasteiger partial charge in [0.1, 0.15) is 5.25 Å². The number of hydrogen-bond donors (Lipinski definition) is 0. The van der Waals surface area contributed by atoms with Gasteiger partial charge in [-0.25, -0.2) is 0 Å². The number of likely N-dealkylation sites (tertiary alicyclic amines) is 1. The first-order chi connectivity index (χ1) is 12.8. The summed E-state index contributed by atoms with van der Waals surface area (Å²) in [6.07, 6.45) is 2.14. The van der Waals surface area contributed by atoms with Crippen molar-refractivity contribution >= 4 is 17.7 Å². The molecule has 0 saturated carbocycles. The van der Waals surface area contributed by atoms with E-state index in [2.05, 4.69) is 15.5 Å². The summed E-state index contributed by atoms with van der Waals surface area (Å²) in [6.45, 7) is 1.65. The second kappa shape index (κ2) is 7.70. The van der Waals surface area contributed by atoms with Gasteiger partial charge in [0.15, 0.2) is 0 Å². The number of rotatable bonds is 5. The van der Waals surface area contributed by atoms with Crippen LogP contribution < -0.4 is 0 Å². The van der Waals surface area contributed by atoms with Gasteiger partial charge in [-0.3, -0.25) is 4.79 Å². The Labute approximate surface area is 156 Å². The Bertz CT molecular complexity index is 862. The maximum absolute atomic E-state index is 13.1. The van der Waals surface area contributed by atoms with Crippen LogP contribution in [-0.4, -0.2) is 44.1 Å². The van der Waals surface area contributed by atoms with Crippen molar-refractivity contribution in [2.24, 2.45) is 0 Å². The van der Waals surface area contributed by atoms with Gasteiger partial charge in [-0.05, 0) is 41.0 Å². The lowest BCUT2D eigenvalue weighted by molar-refractivity contribution is -0.129. The minimum Gasteiger partial charge on any atom is -0.341 e. The molecule has 6 nitrogen and oxygen atoms in total. The molecule has 0 bridgehead atoms. The van der Waals surface area contributed by atoms with Gasteiger partial charge in [-0.15, -0.1) is 5.10 Å². The first kappa shape index (κ1) is 16.8. The molecule has 3 aromatic rings. The van der Waals surface area contributed by atoms with Crippen LogP contribution in [0.2, 0.25) is 0 Å². The number of thioether (sulfide) groups is 1. The third kappa shape index (κ3) is 3.48. The number of tetrazole rings is 1. The molecule has 7 heteroatoms. The highest BCUT2D eigenvalue weighted by molar-refractivity contribution is 8.00. The van der Waals surface area contributed by atoms with Gasteiger partial charge in [0, 0.05) is 13.1 Å². The molecule has 1 fully saturated rings. The van der Waals surface area contributed by atoms with E-state index in [0.29, 0.717) is 5.16 Å². The van der Waals surface area contributed by atoms with Crippen LogP contribution in [0.15, 0.2) is 65.8 Å². The second-order valence-electron chi connectivity index (χ2n) is 6.15. The number of benzene rings is 2. The summed E-state index contributed by atoms with van der Waals surface area (Å²) in [5.41, 5.74) is 1.84. The Morgan fingerprint density at radius 3 is 2.31 bits per heavy atom. The largest absolute Gasteiger partial charge is 0.341 e. The van der Waals surface area contributed by atoms with E-state index in [9.17, 15) is 4.79 Å². The Morgan fingerprint density at radius 1 is 0.962 bits per heavy atom. The Balaban J connectivity index is 1.66. The zero-order valence-corrected chi connectivity index (χ0v) is 15.0. The standard InChI is InChI=1S/C19H19N5OS/c25-18(23-13-7-8-14-23)17(15-9-3-1-4-10-15)26-19-20-21-22-24(19)16-11-5-2-6-12-16/h1-6,9-12,17H,7-8,13-14H2/t17-/m0/s1. The molecule has 0 N–H and O–H groups in total. The summed E-state index contributed by atoms with van der Waals surface area (Å²) in [4.78, 5) is 15.1. The highest BCUT2D eigenvalue weighted by atomic mass is 32.2. The highest BCUT2D eigenvalue weighted by Crippen LogP contribution is 2.36. The number of amides is 1. The molecule has 2 heterocycles. The van der Waals surface area contributed by atoms with Crippen LogP contribution in [0.1, 0.15) is 23.7 Å². The molecule has 26 heavy (non-hydrogen) atoms. The molecular weight excluding hydrogens is 346 g/mol. The van der Waals surface area contributed by atoms with Crippen LogP contribution in [0.5, 0.6) is 0 Å². The topological polar surface area (TPSA) is 63.9 Å². The first-order valence-corrected chi connectivity index (χ1v) is 9.55. The summed E-state index contributed by atoms with van der Waals surface area (Å²) in [5.74, 6) is 0.126. The van der Waals surface area contributed by atoms with E-state index >= 15 is 0 Å². The van der Waals surface area contributed by atoms with Crippen molar-refractivity contribution in [1.82, 2.24) is 25.1 Å². The van der Waals surface area contributed by atoms with E-state index in [1.54, 1.807) is 4.68 Å². The molecular formula is C19H19N5OS. The van der Waals surface area contributed by atoms with Crippen LogP contribution in [0.25, 0.3) is 5.69 Å². The first-order valence-electron chi connectivity index (χ1n) is 8.67. The normalized spacial score (nSPS) is 15.2. The quantitative estimate of drug-likeness (QED) is 0.650. The third-order valence-electron chi connectivity index (χ3n) is 4.41. The van der Waals surface area contributed by atoms with E-state index in [0.717, 1.165) is 37.2 Å². The van der Waals surface area contributed by atoms with E-state index in [1.807, 2.05) is 65.6 Å². The fourth-order valence-electron chi connectivity index (χ4n) is 3.08. The van der Waals surface area contributed by atoms with Crippen molar-refractivity contribution in [2.75, 3.05) is 13.1 Å². The number of carbonyl (C=O) groups is 1. The average molecular weight is 365 g/mol. The van der Waals surface area contributed by atoms with Gasteiger partial charge in [-0.1, -0.05) is 60.3 Å². The van der Waals surface area contributed by atoms with Gasteiger partial charge in [-0.2, -0.15) is 4.68 Å². The second-order valence-corrected chi connectivity index (χ2v) is 7.22. The Kier molecular flexibility index (Phi) is 4.97. The molecule has 0 spiro atoms. The Hall–Kier alpha value is -2.67. The zero-order valence-electron chi connectivity index (χ0n) is 14.2. The summed E-state index contributed by atoms with van der Waals surface area (Å²) < 4.78 is 1.68. The summed E-state index contributed by atoms with van der Waals surface area (Å²) in [5, 5.41) is 12.3. The summed E-state index contributed by atoms with van der Waals surface area (Å²) in [7, 11) is 0. The van der Waals surface area contributed by atoms with Gasteiger partial charge >= 0.3 is 0 Å². The molecule has 4 rings (SSSR count). The van der Waals surface area contributed by atoms with Crippen molar-refractivity contribution < 1.29 is 4.79 Å². The number of nitrogens with zero attached hydrogens (tertiary/aromatic N) is 5. The lowest BCUT2D eigenvalue weighted by Gasteiger charge is -2.22. The van der Waals surface area contributed by atoms with Crippen LogP contribution in [0.4, 0.5) is 0 Å². The maximum atomic E-state index is 13.1. The molecule has 1 saturated heterocycles. The van der Waals surface area contributed by atoms with Crippen LogP contribution in [0.3, 0.4) is 0 Å². The number of aromatic nitrogens is 4. The molecule has 1 aliphatic rings. The molecule has 132 valence electrons. The molecule has 1 amide bonds. The van der Waals surface area contributed by atoms with Gasteiger partial charge in [0.05, 0.1) is 5.69 Å². The van der Waals surface area contributed by atoms with E-state index in [-0.39, 0.29) is 11.2 Å². The van der Waals surface area contributed by atoms with Gasteiger partial charge < -0.3 is 4.90 Å². The van der Waals surface area contributed by atoms with E-state index in [4.69, 9.17) is 0 Å². The molecule has 0 radical (unpaired) electrons. The number of hydrogen-bond acceptors (Lipinski definition) is 5. The monoisotopic (exact) mass is 365 g/mol. The maximum Gasteiger partial charge on any atom is 0.240 e. The van der Waals surface area contributed by atoms with Crippen molar-refractivity contribution in [3.8, 4) is 5.69 Å². The number of para-hydroxylation sites is 1. The van der Waals surface area contributed by atoms with E-state index in [1.165, 1.54) is 11.8 Å². The minimum atomic E-state index is -0.359. The van der Waals surface area contributed by atoms with Crippen molar-refractivity contribution in [3.63, 3.8) is 0 Å². The zero-order chi connectivity index (χ0) is 17.8. The minimum absolute atomic E-state index is 0.126. The smallest absolute Gasteiger partial charge is 0.240 e. The van der Waals surface area contributed by atoms with Gasteiger partial charge in [0.25, 0.3) is 0 Å². The molecule has 1 atom stereocenters. The van der Waals surface area contributed by atoms with Crippen molar-refractivity contribution in [2.45, 2.75) is 23.2 Å². The predicted octanol–water partition coefficient (Wildman–Crippen LogP) is 3.12. The molecule has 0 unspecified atom stereocenters. The van der Waals surface area contributed by atoms with Crippen LogP contribution >= 0.6 is 11.8 Å². The number of carbonyl (C=O) groups excluding carboxylic acids is 1. The fourth-order valence-corrected chi connectivity index (χ4v) is 4.16. The van der Waals surface area contributed by atoms with Crippen molar-refractivity contribution in [1.29, 1.82) is 0 Å². The summed E-state index contributed by atoms with van der Waals surface area (Å²) in [6, 6.07) is 19.6. The third-order valence-corrected chi connectivity index (χ3v) is 5.58. The van der Waals surface area contributed by atoms with Crippen molar-refractivity contribution in [3.05, 3.63) is 66.2 Å². The van der Waals surface area contributed by atoms with E-state index < -0.39 is 0 Å². The molecule has 0 aliphatic carbocycles. The Morgan fingerprint density at radius 2 is 1.62 bits per heavy atom. The molecule has 1 aromatic heterocycles. The predicted molar refractivity (Wildman–Crippen MR) is 100 cm³/mol. The lowest BCUT2D eigenvalue weighted by atomic mass is 10.1. The molecule has 1 aliphatic heterocycles. The lowest BCUT2D eigenvalue weighted by Crippen LogP contribution is -2.31. The van der Waals surface area contributed by atoms with Gasteiger partial charge in [0.2, 0.25) is 11.1 Å². The van der Waals surface area contributed by atoms with Crippen LogP contribution in [0, 0.1) is 0 Å². The summed E-state index contributed by atoms with van der Waals surface area (Å²) >= 11 is 1.40. The van der Waals surface area contributed by atoms with Crippen LogP contribution in [-0.2, 0) is 4.79 Å². The average Bonchev–Trinajstić information content (AvgIpc) is 3.39.